The zero-order valence-corrected chi connectivity index (χ0v) is 47.9. The van der Waals surface area contributed by atoms with Gasteiger partial charge in [0, 0.05) is 78.3 Å². The molecule has 1 fully saturated rings. The number of carbonyl (C=O) groups excluding carboxylic acids is 2. The third kappa shape index (κ3) is 11.5. The first-order valence-electron chi connectivity index (χ1n) is 24.9. The minimum atomic E-state index is -5.69. The highest BCUT2D eigenvalue weighted by atomic mass is 32.5. The van der Waals surface area contributed by atoms with Crippen molar-refractivity contribution in [2.45, 2.75) is 91.0 Å². The highest BCUT2D eigenvalue weighted by Crippen LogP contribution is 2.66. The molecule has 0 saturated carbocycles. The lowest BCUT2D eigenvalue weighted by Crippen LogP contribution is -2.49. The average molecular weight is 1180 g/mol. The van der Waals surface area contributed by atoms with Gasteiger partial charge in [0.25, 0.3) is 5.91 Å². The number of benzene rings is 3. The van der Waals surface area contributed by atoms with Crippen molar-refractivity contribution in [3.05, 3.63) is 111 Å². The standard InChI is InChI=1S/C50H58N9O17P3S/c1-9-58-34-18-36-32(16-29(34)25(3)20-49(58,5)6)39(33-17-30-26(4)21-50(7,8)59(10-2)35(30)19-37(33)72-36)28-12-11-27(15-31(28)47(62)63)45(61)52-13-14-53-48(64)74-42-41(60)38(22-71-77(65,66)75-78(67,68)76-79(69,70)80)73-46(42)57-24-56-40-43(51)54-23-55-44(40)57/h11-12,15-21,23-24,38,41-42,46,60H,9-10,13-14,22H2,1-8H3,(H8-,51,52,53,54,55,61,62,63,64,65,66,67,68,69,70,80)/p+1/t38-,41-,42-,46-/m1/s1. The number of imidazole rings is 1. The predicted octanol–water partition coefficient (Wildman–Crippen LogP) is 4.43. The smallest absolute Gasteiger partial charge is 0.478 e. The number of ether oxygens (including phenoxy) is 3. The minimum Gasteiger partial charge on any atom is -0.478 e. The zero-order valence-electron chi connectivity index (χ0n) is 44.4. The number of nitrogens with zero attached hydrogens (tertiary/aromatic N) is 6. The highest BCUT2D eigenvalue weighted by Gasteiger charge is 2.50. The third-order valence-electron chi connectivity index (χ3n) is 14.0. The molecule has 0 bridgehead atoms. The first kappa shape index (κ1) is 58.4. The number of amides is 2. The summed E-state index contributed by atoms with van der Waals surface area (Å²) < 4.78 is 59.2. The average Bonchev–Trinajstić information content (AvgIpc) is 3.93. The van der Waals surface area contributed by atoms with Crippen molar-refractivity contribution >= 4 is 91.5 Å². The van der Waals surface area contributed by atoms with Gasteiger partial charge in [0.1, 0.15) is 42.1 Å². The molecule has 0 spiro atoms. The highest BCUT2D eigenvalue weighted by molar-refractivity contribution is 8.08. The Labute approximate surface area is 462 Å². The molecule has 30 heteroatoms. The zero-order chi connectivity index (χ0) is 58.2. The van der Waals surface area contributed by atoms with Crippen LogP contribution in [0.1, 0.15) is 105 Å². The van der Waals surface area contributed by atoms with Gasteiger partial charge < -0.3 is 65.3 Å². The molecule has 426 valence electrons. The van der Waals surface area contributed by atoms with Crippen molar-refractivity contribution in [2.24, 2.45) is 0 Å². The van der Waals surface area contributed by atoms with E-state index in [2.05, 4.69) is 123 Å². The molecule has 6 heterocycles. The van der Waals surface area contributed by atoms with Crippen LogP contribution in [0.2, 0.25) is 0 Å². The molecule has 0 radical (unpaired) electrons. The van der Waals surface area contributed by atoms with Gasteiger partial charge in [-0.15, -0.1) is 0 Å². The van der Waals surface area contributed by atoms with Crippen molar-refractivity contribution in [3.63, 3.8) is 0 Å². The van der Waals surface area contributed by atoms with Crippen LogP contribution >= 0.6 is 22.4 Å². The molecule has 4 aliphatic rings. The summed E-state index contributed by atoms with van der Waals surface area (Å²) in [5.41, 5.74) is 12.0. The Hall–Kier alpha value is -6.28. The molecule has 1 saturated heterocycles. The Morgan fingerprint density at radius 3 is 2.27 bits per heavy atom. The lowest BCUT2D eigenvalue weighted by atomic mass is 9.83. The van der Waals surface area contributed by atoms with Crippen LogP contribution in [0.15, 0.2) is 67.3 Å². The number of phosphoric acid groups is 2. The van der Waals surface area contributed by atoms with Crippen LogP contribution in [-0.4, -0.2) is 129 Å². The van der Waals surface area contributed by atoms with E-state index in [-0.39, 0.29) is 52.3 Å². The van der Waals surface area contributed by atoms with Crippen LogP contribution in [0.4, 0.5) is 16.3 Å². The number of hydrogen-bond acceptors (Lipinski definition) is 18. The Balaban J connectivity index is 0.957. The molecule has 26 nitrogen and oxygen atoms in total. The molecule has 0 aliphatic carbocycles. The lowest BCUT2D eigenvalue weighted by molar-refractivity contribution is -0.0522. The maximum atomic E-state index is 13.8. The summed E-state index contributed by atoms with van der Waals surface area (Å²) in [5, 5.41) is 29.1. The van der Waals surface area contributed by atoms with Gasteiger partial charge in [-0.05, 0) is 100 Å². The Bertz CT molecular complexity index is 3770. The van der Waals surface area contributed by atoms with E-state index in [1.807, 2.05) is 24.3 Å². The molecule has 10 N–H and O–H groups in total. The van der Waals surface area contributed by atoms with E-state index in [1.165, 1.54) is 23.0 Å². The Morgan fingerprint density at radius 2 is 1.59 bits per heavy atom. The minimum absolute atomic E-state index is 0.000152. The molecular weight excluding hydrogens is 1120 g/mol. The SMILES string of the molecule is CCN1c2cc3c(cc2C(C)=CC1(C)C)C(c1ccc(C(=O)NCCNC(=O)O[C@@H]2[C@H](O)[C@@H](COP(=O)(O)OP(=O)(O)OP(O)(O)=S)O[C@H]2n2cnc4c(N)ncnc42)cc1C(=O)O)=c1cc2c(cc1O3)=[N+](CC)C(C)(C)C=C2C. The second-order valence-electron chi connectivity index (χ2n) is 20.3. The number of anilines is 2. The molecule has 9 rings (SSSR count). The van der Waals surface area contributed by atoms with Crippen molar-refractivity contribution in [1.82, 2.24) is 34.7 Å². The number of fused-ring (bicyclic) bond motifs is 5. The fourth-order valence-corrected chi connectivity index (χ4v) is 14.7. The van der Waals surface area contributed by atoms with Crippen LogP contribution in [0, 0.1) is 0 Å². The number of nitrogen functional groups attached to an aromatic ring is 1. The lowest BCUT2D eigenvalue weighted by Gasteiger charge is -2.43. The number of carboxylic acid groups (broad SMARTS) is 1. The number of carbonyl (C=O) groups is 3. The van der Waals surface area contributed by atoms with Gasteiger partial charge in [-0.3, -0.25) is 13.9 Å². The Morgan fingerprint density at radius 1 is 0.875 bits per heavy atom. The number of hydrogen-bond donors (Lipinski definition) is 9. The number of rotatable bonds is 17. The number of phosphoric ester groups is 1. The van der Waals surface area contributed by atoms with E-state index in [1.54, 1.807) is 6.07 Å². The second-order valence-corrected chi connectivity index (χ2v) is 26.1. The van der Waals surface area contributed by atoms with E-state index >= 15 is 0 Å². The number of aliphatic hydroxyl groups is 1. The molecule has 5 aromatic rings. The van der Waals surface area contributed by atoms with Crippen LogP contribution in [0.5, 0.6) is 11.5 Å². The predicted molar refractivity (Wildman–Crippen MR) is 294 cm³/mol. The van der Waals surface area contributed by atoms with Gasteiger partial charge in [0.15, 0.2) is 29.3 Å². The van der Waals surface area contributed by atoms with Gasteiger partial charge in [0.2, 0.25) is 5.36 Å². The van der Waals surface area contributed by atoms with E-state index in [9.17, 15) is 53.3 Å². The summed E-state index contributed by atoms with van der Waals surface area (Å²) >= 11 is 4.10. The number of nitrogens with one attached hydrogen (secondary N) is 2. The molecular formula is C50H59N9O17P3S+. The topological polar surface area (TPSA) is 362 Å². The monoisotopic (exact) mass is 1180 g/mol. The number of aromatic nitrogens is 4. The van der Waals surface area contributed by atoms with Gasteiger partial charge in [-0.1, -0.05) is 12.1 Å². The summed E-state index contributed by atoms with van der Waals surface area (Å²) in [6, 6.07) is 12.6. The number of nitrogens with two attached hydrogens (primary N) is 1. The summed E-state index contributed by atoms with van der Waals surface area (Å²) in [6.45, 7) is 11.9. The van der Waals surface area contributed by atoms with E-state index < -0.39 is 71.5 Å². The largest absolute Gasteiger partial charge is 0.488 e. The quantitative estimate of drug-likeness (QED) is 0.0346. The first-order chi connectivity index (χ1) is 37.4. The van der Waals surface area contributed by atoms with E-state index in [4.69, 9.17) is 24.5 Å². The summed E-state index contributed by atoms with van der Waals surface area (Å²) in [7, 11) is -11.3. The fourth-order valence-electron chi connectivity index (χ4n) is 10.9. The number of aromatic carboxylic acids is 1. The van der Waals surface area contributed by atoms with Gasteiger partial charge in [0.05, 0.1) is 30.1 Å². The molecule has 6 atom stereocenters. The van der Waals surface area contributed by atoms with Crippen molar-refractivity contribution in [1.29, 1.82) is 0 Å². The van der Waals surface area contributed by atoms with E-state index in [0.717, 1.165) is 39.6 Å². The normalized spacial score (nSPS) is 21.4. The summed E-state index contributed by atoms with van der Waals surface area (Å²) in [5.74, 6) is -0.924. The molecule has 3 aromatic carbocycles. The molecule has 4 aliphatic heterocycles. The third-order valence-corrected chi connectivity index (χ3v) is 18.4. The molecule has 2 amide bonds. The van der Waals surface area contributed by atoms with Gasteiger partial charge in [-0.2, -0.15) is 4.31 Å². The maximum absolute atomic E-state index is 13.8. The first-order valence-corrected chi connectivity index (χ1v) is 30.6. The second kappa shape index (κ2) is 21.6. The van der Waals surface area contributed by atoms with Crippen molar-refractivity contribution < 1.29 is 80.7 Å². The van der Waals surface area contributed by atoms with Crippen LogP contribution in [0.3, 0.4) is 0 Å². The van der Waals surface area contributed by atoms with Crippen molar-refractivity contribution in [3.8, 4) is 11.5 Å². The molecule has 80 heavy (non-hydrogen) atoms. The number of alkyl carbamates (subject to hydrolysis) is 1. The van der Waals surface area contributed by atoms with Crippen LogP contribution in [0.25, 0.3) is 27.9 Å². The van der Waals surface area contributed by atoms with Crippen LogP contribution in [-0.2, 0) is 43.6 Å². The number of likely N-dealkylation sites (N-methyl/N-ethyl adjacent to an activating group) is 2. The van der Waals surface area contributed by atoms with Crippen molar-refractivity contribution in [2.75, 3.05) is 43.4 Å². The fraction of sp³-hybridized carbons (Fsp3) is 0.380. The maximum Gasteiger partial charge on any atom is 0.488 e. The van der Waals surface area contributed by atoms with Gasteiger partial charge >= 0.3 is 34.4 Å². The molecule has 2 unspecified atom stereocenters. The molecule has 2 aromatic heterocycles. The Kier molecular flexibility index (Phi) is 15.7. The number of allylic oxidation sites excluding steroid dienone is 2. The number of carboxylic acids is 1. The van der Waals surface area contributed by atoms with Crippen LogP contribution < -0.4 is 41.2 Å². The summed E-state index contributed by atoms with van der Waals surface area (Å²) in [4.78, 5) is 93.3. The summed E-state index contributed by atoms with van der Waals surface area (Å²) in [6.07, 6.45) is -1.14. The van der Waals surface area contributed by atoms with Gasteiger partial charge in [-0.25, -0.2) is 42.6 Å². The van der Waals surface area contributed by atoms with E-state index in [0.29, 0.717) is 46.5 Å². The number of aliphatic hydroxyl groups excluding tert-OH is 1.